The molecule has 0 saturated heterocycles. The van der Waals surface area contributed by atoms with Gasteiger partial charge in [0.15, 0.2) is 17.3 Å². The Morgan fingerprint density at radius 3 is 0.508 bits per heavy atom. The van der Waals surface area contributed by atoms with Gasteiger partial charge in [0, 0.05) is 16.7 Å². The summed E-state index contributed by atoms with van der Waals surface area (Å²) in [6.07, 6.45) is -0.267. The fourth-order valence-corrected chi connectivity index (χ4v) is 12.0. The maximum absolute atomic E-state index is 12.3. The number of benzene rings is 12. The molecule has 12 aromatic carbocycles. The van der Waals surface area contributed by atoms with Gasteiger partial charge in [-0.2, -0.15) is 0 Å². The summed E-state index contributed by atoms with van der Waals surface area (Å²) in [5, 5.41) is 0. The Labute approximate surface area is 702 Å². The van der Waals surface area contributed by atoms with Crippen LogP contribution in [0.1, 0.15) is 108 Å². The number of ether oxygens (including phenoxy) is 3. The van der Waals surface area contributed by atoms with Crippen molar-refractivity contribution in [2.45, 2.75) is 47.6 Å². The first-order chi connectivity index (χ1) is 58.4. The SMILES string of the molecule is [C-]#[N+]C(C(=O)OC(C)C)=C(c1ccccc1)c1ccccc1.[C-]#[N+]C(C(=O)OC)=C(c1ccccc1)c1ccccc1.[C-]#[N+]C(C(=O)OCC)=C(c1ccccc1)c1ccccc1.[C-]#[N+]C(C(C)=O)=C(c1ccccc1)c1ccccc1.[C-]#[N+]C(C(C)=O)=C(c1ccccc1)c1ccccc1.[C-]#[N+]C(C(C)=O)=C(c1ccccc1)c1ccccc1. The topological polar surface area (TPSA) is 156 Å². The molecule has 0 aromatic heterocycles. The zero-order valence-electron chi connectivity index (χ0n) is 67.3. The number of methoxy groups -OCH3 is 1. The number of nitrogens with zero attached hydrogens (tertiary/aromatic N) is 6. The van der Waals surface area contributed by atoms with Gasteiger partial charge in [0.1, 0.15) is 0 Å². The third-order valence-electron chi connectivity index (χ3n) is 17.2. The molecule has 0 atom stereocenters. The zero-order chi connectivity index (χ0) is 86.4. The van der Waals surface area contributed by atoms with E-state index in [4.69, 9.17) is 53.6 Å². The van der Waals surface area contributed by atoms with Gasteiger partial charge >= 0.3 is 17.9 Å². The van der Waals surface area contributed by atoms with Crippen molar-refractivity contribution in [3.63, 3.8) is 0 Å². The second-order valence-electron chi connectivity index (χ2n) is 25.7. The van der Waals surface area contributed by atoms with Crippen molar-refractivity contribution in [1.29, 1.82) is 0 Å². The number of hydrogen-bond acceptors (Lipinski definition) is 9. The van der Waals surface area contributed by atoms with Crippen LogP contribution in [0.5, 0.6) is 0 Å². The summed E-state index contributed by atoms with van der Waals surface area (Å²) in [5.74, 6) is -2.43. The Bertz CT molecular complexity index is 5380. The summed E-state index contributed by atoms with van der Waals surface area (Å²) in [5.41, 5.74) is 14.6. The molecule has 0 aliphatic heterocycles. The van der Waals surface area contributed by atoms with Crippen molar-refractivity contribution in [1.82, 2.24) is 0 Å². The van der Waals surface area contributed by atoms with Gasteiger partial charge in [0.2, 0.25) is 17.1 Å². The number of hydrogen-bond donors (Lipinski definition) is 0. The zero-order valence-corrected chi connectivity index (χ0v) is 67.3. The first-order valence-electron chi connectivity index (χ1n) is 37.7. The smallest absolute Gasteiger partial charge is 0.337 e. The summed E-state index contributed by atoms with van der Waals surface area (Å²) in [7, 11) is 1.28. The molecular formula is C105H84N6O9. The second kappa shape index (κ2) is 49.2. The highest BCUT2D eigenvalue weighted by Gasteiger charge is 2.25. The van der Waals surface area contributed by atoms with Crippen molar-refractivity contribution >= 4 is 68.7 Å². The Hall–Kier alpha value is -16.6. The third kappa shape index (κ3) is 26.5. The van der Waals surface area contributed by atoms with Crippen molar-refractivity contribution in [2.75, 3.05) is 13.7 Å². The summed E-state index contributed by atoms with van der Waals surface area (Å²) in [4.78, 5) is 91.8. The first-order valence-corrected chi connectivity index (χ1v) is 37.7. The van der Waals surface area contributed by atoms with Gasteiger partial charge in [0.25, 0.3) is 17.1 Å². The summed E-state index contributed by atoms with van der Waals surface area (Å²) < 4.78 is 14.9. The van der Waals surface area contributed by atoms with E-state index in [9.17, 15) is 28.8 Å². The monoisotopic (exact) mass is 1570 g/mol. The highest BCUT2D eigenvalue weighted by Crippen LogP contribution is 2.35. The molecule has 12 rings (SSSR count). The van der Waals surface area contributed by atoms with Gasteiger partial charge in [-0.15, -0.1) is 0 Å². The van der Waals surface area contributed by atoms with E-state index in [1.54, 1.807) is 20.8 Å². The number of carbonyl (C=O) groups is 6. The number of allylic oxidation sites excluding steroid dienone is 3. The van der Waals surface area contributed by atoms with Crippen LogP contribution in [0.3, 0.4) is 0 Å². The molecule has 0 amide bonds. The van der Waals surface area contributed by atoms with Gasteiger partial charge in [-0.1, -0.05) is 364 Å². The molecule has 15 nitrogen and oxygen atoms in total. The molecule has 0 aliphatic rings. The van der Waals surface area contributed by atoms with E-state index in [0.717, 1.165) is 66.8 Å². The van der Waals surface area contributed by atoms with E-state index >= 15 is 0 Å². The molecule has 588 valence electrons. The van der Waals surface area contributed by atoms with Crippen LogP contribution in [0.15, 0.2) is 398 Å². The van der Waals surface area contributed by atoms with Crippen LogP contribution in [-0.2, 0) is 43.0 Å². The Morgan fingerprint density at radius 1 is 0.242 bits per heavy atom. The van der Waals surface area contributed by atoms with E-state index in [0.29, 0.717) is 33.4 Å². The largest absolute Gasteiger partial charge is 0.474 e. The maximum atomic E-state index is 12.3. The van der Waals surface area contributed by atoms with Gasteiger partial charge in [0.05, 0.1) is 59.3 Å². The molecule has 0 spiro atoms. The number of Topliss-reactive ketones (excluding diaryl/α,β-unsaturated/α-hetero) is 3. The molecule has 0 N–H and O–H groups in total. The Balaban J connectivity index is 0.000000199. The molecule has 0 unspecified atom stereocenters. The lowest BCUT2D eigenvalue weighted by Gasteiger charge is -2.13. The maximum Gasteiger partial charge on any atom is 0.337 e. The van der Waals surface area contributed by atoms with Gasteiger partial charge in [-0.25, -0.2) is 29.1 Å². The lowest BCUT2D eigenvalue weighted by atomic mass is 9.95. The van der Waals surface area contributed by atoms with Crippen LogP contribution < -0.4 is 0 Å². The average Bonchev–Trinajstić information content (AvgIpc) is 0.821. The van der Waals surface area contributed by atoms with E-state index in [-0.39, 0.29) is 64.2 Å². The van der Waals surface area contributed by atoms with E-state index in [2.05, 4.69) is 29.1 Å². The van der Waals surface area contributed by atoms with Crippen LogP contribution in [0.25, 0.3) is 62.5 Å². The predicted octanol–water partition coefficient (Wildman–Crippen LogP) is 23.6. The molecular weight excluding hydrogens is 1490 g/mol. The van der Waals surface area contributed by atoms with E-state index < -0.39 is 17.9 Å². The fraction of sp³-hybridized carbons (Fsp3) is 0.0857. The van der Waals surface area contributed by atoms with Crippen LogP contribution in [0, 0.1) is 39.4 Å². The summed E-state index contributed by atoms with van der Waals surface area (Å²) in [6.45, 7) is 53.7. The van der Waals surface area contributed by atoms with Crippen molar-refractivity contribution in [3.8, 4) is 0 Å². The third-order valence-corrected chi connectivity index (χ3v) is 17.2. The standard InChI is InChI=1S/C19H17NO2.C18H15NO2.C17H13NO2.3C17H13NO/c1-14(2)22-19(21)18(20-3)17(15-10-6-4-7-11-15)16-12-8-5-9-13-16;1-3-21-18(20)17(19-2)16(14-10-6-4-7-11-14)15-12-8-5-9-13-15;1-18-16(17(19)20-2)15(13-9-5-3-6-10-13)14-11-7-4-8-12-14;3*1-13(19)17(18-2)16(14-9-5-3-6-10-14)15-11-7-4-8-12-15/h4-14H,1-2H3;4-13H,3H2,1H3;3-12H,2H3;3*3-12H,1H3. The predicted molar refractivity (Wildman–Crippen MR) is 475 cm³/mol. The Morgan fingerprint density at radius 2 is 0.383 bits per heavy atom. The van der Waals surface area contributed by atoms with Crippen LogP contribution in [0.4, 0.5) is 0 Å². The minimum atomic E-state index is -0.622. The molecule has 120 heavy (non-hydrogen) atoms. The molecule has 15 heteroatoms. The summed E-state index contributed by atoms with van der Waals surface area (Å²) >= 11 is 0. The molecule has 0 heterocycles. The number of carbonyl (C=O) groups excluding carboxylic acids is 6. The molecule has 0 radical (unpaired) electrons. The molecule has 12 aromatic rings. The lowest BCUT2D eigenvalue weighted by Crippen LogP contribution is -2.13. The normalized spacial score (nSPS) is 9.55. The number of rotatable bonds is 20. The van der Waals surface area contributed by atoms with Gasteiger partial charge in [-0.05, 0) is 125 Å². The minimum absolute atomic E-state index is 0.00565. The highest BCUT2D eigenvalue weighted by molar-refractivity contribution is 6.09. The van der Waals surface area contributed by atoms with Crippen LogP contribution >= 0.6 is 0 Å². The fourth-order valence-electron chi connectivity index (χ4n) is 12.0. The van der Waals surface area contributed by atoms with Gasteiger partial charge in [-0.3, -0.25) is 14.4 Å². The first kappa shape index (κ1) is 90.6. The van der Waals surface area contributed by atoms with E-state index in [1.807, 2.05) is 364 Å². The molecule has 0 saturated carbocycles. The number of ketones is 3. The number of esters is 3. The second-order valence-corrected chi connectivity index (χ2v) is 25.7. The molecule has 0 fully saturated rings. The van der Waals surface area contributed by atoms with E-state index in [1.165, 1.54) is 27.9 Å². The highest BCUT2D eigenvalue weighted by atomic mass is 16.5. The lowest BCUT2D eigenvalue weighted by molar-refractivity contribution is -0.142. The quantitative estimate of drug-likeness (QED) is 0.0314. The Kier molecular flexibility index (Phi) is 37.1. The minimum Gasteiger partial charge on any atom is -0.474 e. The molecule has 0 bridgehead atoms. The van der Waals surface area contributed by atoms with Crippen molar-refractivity contribution in [3.05, 3.63) is 533 Å². The van der Waals surface area contributed by atoms with Gasteiger partial charge < -0.3 is 28.6 Å². The van der Waals surface area contributed by atoms with Crippen LogP contribution in [-0.4, -0.2) is 55.1 Å². The summed E-state index contributed by atoms with van der Waals surface area (Å²) in [6, 6.07) is 114. The van der Waals surface area contributed by atoms with Crippen molar-refractivity contribution in [2.24, 2.45) is 0 Å². The average molecular weight is 1570 g/mol. The van der Waals surface area contributed by atoms with Crippen molar-refractivity contribution < 1.29 is 43.0 Å². The molecule has 0 aliphatic carbocycles. The van der Waals surface area contributed by atoms with Crippen LogP contribution in [0.2, 0.25) is 0 Å².